The van der Waals surface area contributed by atoms with Crippen LogP contribution in [0.4, 0.5) is 4.79 Å². The zero-order valence-corrected chi connectivity index (χ0v) is 20.6. The Labute approximate surface area is 212 Å². The zero-order chi connectivity index (χ0) is 25.3. The Morgan fingerprint density at radius 3 is 2.14 bits per heavy atom. The summed E-state index contributed by atoms with van der Waals surface area (Å²) in [4.78, 5) is 24.1. The van der Waals surface area contributed by atoms with Crippen LogP contribution in [0, 0.1) is 0 Å². The molecule has 0 heterocycles. The molecule has 36 heavy (non-hydrogen) atoms. The summed E-state index contributed by atoms with van der Waals surface area (Å²) in [7, 11) is 0. The number of amides is 1. The van der Waals surface area contributed by atoms with E-state index >= 15 is 0 Å². The molecule has 0 aliphatic heterocycles. The second-order valence-electron chi connectivity index (χ2n) is 9.08. The summed E-state index contributed by atoms with van der Waals surface area (Å²) >= 11 is 0. The average Bonchev–Trinajstić information content (AvgIpc) is 3.21. The molecule has 1 amide bonds. The van der Waals surface area contributed by atoms with E-state index in [0.717, 1.165) is 35.1 Å². The Morgan fingerprint density at radius 2 is 1.53 bits per heavy atom. The summed E-state index contributed by atoms with van der Waals surface area (Å²) in [5, 5.41) is 14.1. The van der Waals surface area contributed by atoms with Gasteiger partial charge in [-0.15, -0.1) is 0 Å². The van der Waals surface area contributed by atoms with E-state index in [1.54, 1.807) is 24.3 Å². The van der Waals surface area contributed by atoms with E-state index in [4.69, 9.17) is 9.47 Å². The Hall–Kier alpha value is -3.80. The zero-order valence-electron chi connectivity index (χ0n) is 20.6. The van der Waals surface area contributed by atoms with Gasteiger partial charge < -0.3 is 24.7 Å². The van der Waals surface area contributed by atoms with Gasteiger partial charge in [-0.3, -0.25) is 0 Å². The van der Waals surface area contributed by atoms with Gasteiger partial charge in [-0.25, -0.2) is 4.79 Å². The molecular formula is C30H32NO5-. The molecular weight excluding hydrogens is 454 g/mol. The second kappa shape index (κ2) is 12.2. The lowest BCUT2D eigenvalue weighted by Gasteiger charge is -2.21. The fourth-order valence-corrected chi connectivity index (χ4v) is 4.72. The van der Waals surface area contributed by atoms with Gasteiger partial charge in [0.1, 0.15) is 12.4 Å². The van der Waals surface area contributed by atoms with Crippen molar-refractivity contribution in [2.45, 2.75) is 51.0 Å². The number of benzene rings is 3. The molecule has 0 saturated carbocycles. The summed E-state index contributed by atoms with van der Waals surface area (Å²) in [6.07, 6.45) is 3.46. The maximum Gasteiger partial charge on any atom is 0.407 e. The molecule has 4 rings (SSSR count). The summed E-state index contributed by atoms with van der Waals surface area (Å²) in [6.45, 7) is 2.96. The Balaban J connectivity index is 1.37. The summed E-state index contributed by atoms with van der Waals surface area (Å²) in [5.41, 5.74) is 5.16. The predicted octanol–water partition coefficient (Wildman–Crippen LogP) is 5.37. The number of rotatable bonds is 12. The van der Waals surface area contributed by atoms with Gasteiger partial charge in [0.25, 0.3) is 0 Å². The number of carbonyl (C=O) groups is 2. The number of alkyl carbamates (subject to hydrolysis) is 1. The fourth-order valence-electron chi connectivity index (χ4n) is 4.72. The van der Waals surface area contributed by atoms with Gasteiger partial charge in [-0.1, -0.05) is 86.8 Å². The fraction of sp³-hybridized carbons (Fsp3) is 0.333. The lowest BCUT2D eigenvalue weighted by molar-refractivity contribution is -0.306. The van der Waals surface area contributed by atoms with Crippen molar-refractivity contribution in [3.63, 3.8) is 0 Å². The van der Waals surface area contributed by atoms with Gasteiger partial charge in [0.2, 0.25) is 0 Å². The van der Waals surface area contributed by atoms with Gasteiger partial charge in [-0.05, 0) is 46.4 Å². The molecule has 1 N–H and O–H groups in total. The van der Waals surface area contributed by atoms with Crippen LogP contribution < -0.4 is 15.2 Å². The molecule has 3 aromatic rings. The third-order valence-electron chi connectivity index (χ3n) is 6.56. The van der Waals surface area contributed by atoms with Crippen LogP contribution in [0.3, 0.4) is 0 Å². The van der Waals surface area contributed by atoms with Crippen molar-refractivity contribution in [2.75, 3.05) is 13.2 Å². The lowest BCUT2D eigenvalue weighted by Crippen LogP contribution is -2.35. The van der Waals surface area contributed by atoms with E-state index in [9.17, 15) is 14.7 Å². The highest BCUT2D eigenvalue weighted by atomic mass is 16.5. The minimum absolute atomic E-state index is 0.0727. The van der Waals surface area contributed by atoms with Gasteiger partial charge >= 0.3 is 6.09 Å². The van der Waals surface area contributed by atoms with Crippen molar-refractivity contribution in [1.29, 1.82) is 0 Å². The first kappa shape index (κ1) is 25.3. The van der Waals surface area contributed by atoms with Crippen molar-refractivity contribution in [2.24, 2.45) is 0 Å². The number of carbonyl (C=O) groups excluding carboxylic acids is 2. The minimum atomic E-state index is -1.25. The van der Waals surface area contributed by atoms with Crippen molar-refractivity contribution in [3.05, 3.63) is 89.5 Å². The molecule has 1 aliphatic rings. The predicted molar refractivity (Wildman–Crippen MR) is 137 cm³/mol. The number of carboxylic acid groups (broad SMARTS) is 1. The summed E-state index contributed by atoms with van der Waals surface area (Å²) in [6, 6.07) is 22.5. The van der Waals surface area contributed by atoms with E-state index in [1.165, 1.54) is 12.8 Å². The smallest absolute Gasteiger partial charge is 0.407 e. The molecule has 6 nitrogen and oxygen atoms in total. The van der Waals surface area contributed by atoms with Crippen LogP contribution >= 0.6 is 0 Å². The van der Waals surface area contributed by atoms with E-state index < -0.39 is 18.1 Å². The van der Waals surface area contributed by atoms with E-state index in [2.05, 4.69) is 24.4 Å². The number of aliphatic carboxylic acids is 1. The third kappa shape index (κ3) is 6.25. The average molecular weight is 487 g/mol. The first-order chi connectivity index (χ1) is 17.6. The SMILES string of the molecule is CCCCCCOc1ccc([C@@H](CC(=O)[O-])NC(=O)OCC2c3ccccc3-c3ccccc32)cc1. The summed E-state index contributed by atoms with van der Waals surface area (Å²) < 4.78 is 11.4. The molecule has 0 unspecified atom stereocenters. The number of nitrogens with one attached hydrogen (secondary N) is 1. The van der Waals surface area contributed by atoms with Crippen molar-refractivity contribution in [1.82, 2.24) is 5.32 Å². The third-order valence-corrected chi connectivity index (χ3v) is 6.56. The monoisotopic (exact) mass is 486 g/mol. The highest BCUT2D eigenvalue weighted by Gasteiger charge is 2.29. The van der Waals surface area contributed by atoms with Gasteiger partial charge in [-0.2, -0.15) is 0 Å². The maximum absolute atomic E-state index is 12.7. The highest BCUT2D eigenvalue weighted by molar-refractivity contribution is 5.79. The number of hydrogen-bond donors (Lipinski definition) is 1. The first-order valence-corrected chi connectivity index (χ1v) is 12.6. The molecule has 1 aliphatic carbocycles. The highest BCUT2D eigenvalue weighted by Crippen LogP contribution is 2.44. The Morgan fingerprint density at radius 1 is 0.889 bits per heavy atom. The van der Waals surface area contributed by atoms with E-state index in [-0.39, 0.29) is 18.9 Å². The Bertz CT molecular complexity index is 1130. The minimum Gasteiger partial charge on any atom is -0.550 e. The number of hydrogen-bond acceptors (Lipinski definition) is 5. The molecule has 0 spiro atoms. The number of carboxylic acids is 1. The van der Waals surface area contributed by atoms with Gasteiger partial charge in [0.05, 0.1) is 12.6 Å². The molecule has 0 radical (unpaired) electrons. The second-order valence-corrected chi connectivity index (χ2v) is 9.08. The molecule has 188 valence electrons. The van der Waals surface area contributed by atoms with Crippen molar-refractivity contribution >= 4 is 12.1 Å². The molecule has 1 atom stereocenters. The van der Waals surface area contributed by atoms with Crippen LogP contribution in [0.1, 0.15) is 67.7 Å². The normalized spacial score (nSPS) is 12.9. The topological polar surface area (TPSA) is 87.7 Å². The van der Waals surface area contributed by atoms with Crippen LogP contribution in [-0.4, -0.2) is 25.3 Å². The summed E-state index contributed by atoms with van der Waals surface area (Å²) in [5.74, 6) is -0.615. The lowest BCUT2D eigenvalue weighted by atomic mass is 9.98. The number of unbranched alkanes of at least 4 members (excludes halogenated alkanes) is 3. The first-order valence-electron chi connectivity index (χ1n) is 12.6. The van der Waals surface area contributed by atoms with Crippen LogP contribution in [0.5, 0.6) is 5.75 Å². The number of ether oxygens (including phenoxy) is 2. The van der Waals surface area contributed by atoms with E-state index in [1.807, 2.05) is 36.4 Å². The van der Waals surface area contributed by atoms with Crippen molar-refractivity contribution in [3.8, 4) is 16.9 Å². The molecule has 3 aromatic carbocycles. The number of fused-ring (bicyclic) bond motifs is 3. The Kier molecular flexibility index (Phi) is 8.61. The van der Waals surface area contributed by atoms with Crippen LogP contribution in [0.25, 0.3) is 11.1 Å². The molecule has 0 aromatic heterocycles. The largest absolute Gasteiger partial charge is 0.550 e. The molecule has 0 bridgehead atoms. The molecule has 0 saturated heterocycles. The van der Waals surface area contributed by atoms with Crippen molar-refractivity contribution < 1.29 is 24.2 Å². The van der Waals surface area contributed by atoms with Crippen LogP contribution in [0.15, 0.2) is 72.8 Å². The standard InChI is InChI=1S/C30H33NO5/c1-2-3-4-9-18-35-22-16-14-21(15-17-22)28(19-29(32)33)31-30(34)36-20-27-25-12-7-5-10-23(25)24-11-6-8-13-26(24)27/h5-8,10-17,27-28H,2-4,9,18-20H2,1H3,(H,31,34)(H,32,33)/p-1/t28-/m1/s1. The molecule has 6 heteroatoms. The van der Waals surface area contributed by atoms with E-state index in [0.29, 0.717) is 17.9 Å². The van der Waals surface area contributed by atoms with Gasteiger partial charge in [0.15, 0.2) is 0 Å². The molecule has 0 fully saturated rings. The quantitative estimate of drug-likeness (QED) is 0.348. The van der Waals surface area contributed by atoms with Crippen LogP contribution in [-0.2, 0) is 9.53 Å². The van der Waals surface area contributed by atoms with Gasteiger partial charge in [0, 0.05) is 18.3 Å². The van der Waals surface area contributed by atoms with Crippen LogP contribution in [0.2, 0.25) is 0 Å². The maximum atomic E-state index is 12.7.